The number of halogens is 1. The molecule has 31 heavy (non-hydrogen) atoms. The maximum atomic E-state index is 13.5. The molecule has 0 aliphatic carbocycles. The molecule has 7 heteroatoms. The lowest BCUT2D eigenvalue weighted by Crippen LogP contribution is -2.47. The van der Waals surface area contributed by atoms with Crippen molar-refractivity contribution in [1.82, 2.24) is 20.4 Å². The fourth-order valence-electron chi connectivity index (χ4n) is 3.91. The van der Waals surface area contributed by atoms with Crippen molar-refractivity contribution in [3.63, 3.8) is 0 Å². The summed E-state index contributed by atoms with van der Waals surface area (Å²) >= 11 is 0. The molecule has 0 saturated carbocycles. The number of nitrogens with one attached hydrogen (secondary N) is 2. The van der Waals surface area contributed by atoms with E-state index in [1.165, 1.54) is 17.7 Å². The molecule has 1 fully saturated rings. The summed E-state index contributed by atoms with van der Waals surface area (Å²) < 4.78 is 19.0. The summed E-state index contributed by atoms with van der Waals surface area (Å²) in [6.07, 6.45) is 0. The lowest BCUT2D eigenvalue weighted by Gasteiger charge is -2.35. The van der Waals surface area contributed by atoms with E-state index in [9.17, 15) is 4.39 Å². The average Bonchev–Trinajstić information content (AvgIpc) is 2.80. The first kappa shape index (κ1) is 23.2. The lowest BCUT2D eigenvalue weighted by atomic mass is 10.0. The molecule has 1 aliphatic heterocycles. The van der Waals surface area contributed by atoms with Crippen LogP contribution >= 0.6 is 0 Å². The Balaban J connectivity index is 1.64. The molecule has 2 N–H and O–H groups in total. The second-order valence-corrected chi connectivity index (χ2v) is 7.94. The van der Waals surface area contributed by atoms with Gasteiger partial charge in [-0.1, -0.05) is 42.5 Å². The van der Waals surface area contributed by atoms with Crippen LogP contribution < -0.4 is 10.6 Å². The number of rotatable bonds is 8. The van der Waals surface area contributed by atoms with Gasteiger partial charge >= 0.3 is 0 Å². The van der Waals surface area contributed by atoms with Gasteiger partial charge in [0.05, 0.1) is 25.3 Å². The van der Waals surface area contributed by atoms with Crippen LogP contribution in [0.4, 0.5) is 4.39 Å². The number of benzene rings is 2. The number of nitrogens with zero attached hydrogens (tertiary/aromatic N) is 3. The van der Waals surface area contributed by atoms with Crippen molar-refractivity contribution in [3.05, 3.63) is 71.5 Å². The van der Waals surface area contributed by atoms with Crippen LogP contribution in [0.25, 0.3) is 0 Å². The largest absolute Gasteiger partial charge is 0.379 e. The molecule has 1 aliphatic rings. The molecule has 3 rings (SSSR count). The quantitative estimate of drug-likeness (QED) is 0.501. The summed E-state index contributed by atoms with van der Waals surface area (Å²) in [5.41, 5.74) is 2.34. The van der Waals surface area contributed by atoms with Crippen molar-refractivity contribution < 1.29 is 9.13 Å². The molecule has 0 radical (unpaired) electrons. The Kier molecular flexibility index (Phi) is 8.82. The first-order chi connectivity index (χ1) is 15.1. The van der Waals surface area contributed by atoms with Gasteiger partial charge in [0, 0.05) is 33.2 Å². The molecule has 1 saturated heterocycles. The highest BCUT2D eigenvalue weighted by atomic mass is 19.1. The standard InChI is InChI=1S/C24H34FN5O/c1-26-24(27-17-22(29(2)3)19-7-5-4-6-8-19)28-18-23(30-13-15-31-16-14-30)20-9-11-21(25)12-10-20/h4-12,22-23H,13-18H2,1-3H3,(H2,26,27,28). The first-order valence-electron chi connectivity index (χ1n) is 10.8. The number of guanidine groups is 1. The molecule has 2 atom stereocenters. The third kappa shape index (κ3) is 6.75. The van der Waals surface area contributed by atoms with E-state index in [0.29, 0.717) is 19.8 Å². The Morgan fingerprint density at radius 2 is 1.65 bits per heavy atom. The zero-order valence-corrected chi connectivity index (χ0v) is 18.7. The fourth-order valence-corrected chi connectivity index (χ4v) is 3.91. The van der Waals surface area contributed by atoms with Crippen molar-refractivity contribution >= 4 is 5.96 Å². The smallest absolute Gasteiger partial charge is 0.191 e. The molecule has 168 valence electrons. The minimum Gasteiger partial charge on any atom is -0.379 e. The van der Waals surface area contributed by atoms with Crippen LogP contribution in [-0.4, -0.2) is 76.3 Å². The van der Waals surface area contributed by atoms with E-state index in [0.717, 1.165) is 31.2 Å². The van der Waals surface area contributed by atoms with Gasteiger partial charge in [0.25, 0.3) is 0 Å². The number of hydrogen-bond acceptors (Lipinski definition) is 4. The van der Waals surface area contributed by atoms with E-state index < -0.39 is 0 Å². The fraction of sp³-hybridized carbons (Fsp3) is 0.458. The minimum absolute atomic E-state index is 0.113. The molecule has 2 unspecified atom stereocenters. The van der Waals surface area contributed by atoms with Gasteiger partial charge in [0.1, 0.15) is 5.82 Å². The second kappa shape index (κ2) is 11.8. The van der Waals surface area contributed by atoms with Crippen LogP contribution in [0.3, 0.4) is 0 Å². The average molecular weight is 428 g/mol. The Labute approximate surface area is 185 Å². The molecule has 0 amide bonds. The van der Waals surface area contributed by atoms with Crippen LogP contribution in [0.1, 0.15) is 23.2 Å². The van der Waals surface area contributed by atoms with Gasteiger partial charge in [-0.15, -0.1) is 0 Å². The number of ether oxygens (including phenoxy) is 1. The topological polar surface area (TPSA) is 52.1 Å². The van der Waals surface area contributed by atoms with E-state index in [2.05, 4.69) is 63.8 Å². The van der Waals surface area contributed by atoms with Gasteiger partial charge in [-0.3, -0.25) is 9.89 Å². The Morgan fingerprint density at radius 3 is 2.26 bits per heavy atom. The number of morpholine rings is 1. The zero-order chi connectivity index (χ0) is 22.1. The lowest BCUT2D eigenvalue weighted by molar-refractivity contribution is 0.0170. The van der Waals surface area contributed by atoms with Crippen LogP contribution in [0.2, 0.25) is 0 Å². The van der Waals surface area contributed by atoms with Crippen LogP contribution in [0, 0.1) is 5.82 Å². The monoisotopic (exact) mass is 427 g/mol. The van der Waals surface area contributed by atoms with Crippen molar-refractivity contribution in [1.29, 1.82) is 0 Å². The Bertz CT molecular complexity index is 806. The normalized spacial score (nSPS) is 17.4. The molecule has 0 spiro atoms. The van der Waals surface area contributed by atoms with Crippen LogP contribution in [-0.2, 0) is 4.74 Å². The maximum Gasteiger partial charge on any atom is 0.191 e. The third-order valence-corrected chi connectivity index (χ3v) is 5.70. The van der Waals surface area contributed by atoms with E-state index in [1.807, 2.05) is 18.2 Å². The second-order valence-electron chi connectivity index (χ2n) is 7.94. The first-order valence-corrected chi connectivity index (χ1v) is 10.8. The van der Waals surface area contributed by atoms with E-state index in [-0.39, 0.29) is 17.9 Å². The summed E-state index contributed by atoms with van der Waals surface area (Å²) in [6.45, 7) is 4.54. The van der Waals surface area contributed by atoms with Gasteiger partial charge in [0.15, 0.2) is 5.96 Å². The van der Waals surface area contributed by atoms with Gasteiger partial charge in [-0.05, 0) is 37.4 Å². The SMILES string of the molecule is CN=C(NCC(c1ccccc1)N(C)C)NCC(c1ccc(F)cc1)N1CCOCC1. The zero-order valence-electron chi connectivity index (χ0n) is 18.7. The van der Waals surface area contributed by atoms with E-state index >= 15 is 0 Å². The third-order valence-electron chi connectivity index (χ3n) is 5.70. The predicted octanol–water partition coefficient (Wildman–Crippen LogP) is 2.67. The predicted molar refractivity (Wildman–Crippen MR) is 124 cm³/mol. The molecular weight excluding hydrogens is 393 g/mol. The van der Waals surface area contributed by atoms with Crippen molar-refractivity contribution in [3.8, 4) is 0 Å². The van der Waals surface area contributed by atoms with E-state index in [1.54, 1.807) is 7.05 Å². The van der Waals surface area contributed by atoms with Gasteiger partial charge in [-0.2, -0.15) is 0 Å². The number of hydrogen-bond donors (Lipinski definition) is 2. The minimum atomic E-state index is -0.217. The van der Waals surface area contributed by atoms with Crippen molar-refractivity contribution in [2.45, 2.75) is 12.1 Å². The molecule has 0 aromatic heterocycles. The maximum absolute atomic E-state index is 13.5. The molecule has 2 aromatic rings. The summed E-state index contributed by atoms with van der Waals surface area (Å²) in [5, 5.41) is 6.93. The highest BCUT2D eigenvalue weighted by Gasteiger charge is 2.23. The van der Waals surface area contributed by atoms with Crippen molar-refractivity contribution in [2.24, 2.45) is 4.99 Å². The van der Waals surface area contributed by atoms with Crippen LogP contribution in [0.15, 0.2) is 59.6 Å². The molecular formula is C24H34FN5O. The van der Waals surface area contributed by atoms with Crippen molar-refractivity contribution in [2.75, 3.05) is 60.5 Å². The highest BCUT2D eigenvalue weighted by Crippen LogP contribution is 2.22. The Hall–Kier alpha value is -2.48. The van der Waals surface area contributed by atoms with Crippen LogP contribution in [0.5, 0.6) is 0 Å². The Morgan fingerprint density at radius 1 is 1.00 bits per heavy atom. The molecule has 1 heterocycles. The van der Waals surface area contributed by atoms with Gasteiger partial charge in [0.2, 0.25) is 0 Å². The van der Waals surface area contributed by atoms with Gasteiger partial charge in [-0.25, -0.2) is 4.39 Å². The number of likely N-dealkylation sites (N-methyl/N-ethyl adjacent to an activating group) is 1. The molecule has 6 nitrogen and oxygen atoms in total. The molecule has 0 bridgehead atoms. The summed E-state index contributed by atoms with van der Waals surface area (Å²) in [7, 11) is 5.95. The highest BCUT2D eigenvalue weighted by molar-refractivity contribution is 5.79. The van der Waals surface area contributed by atoms with E-state index in [4.69, 9.17) is 4.74 Å². The summed E-state index contributed by atoms with van der Waals surface area (Å²) in [4.78, 5) is 8.99. The number of aliphatic imine (C=N–C) groups is 1. The summed E-state index contributed by atoms with van der Waals surface area (Å²) in [5.74, 6) is 0.536. The summed E-state index contributed by atoms with van der Waals surface area (Å²) in [6, 6.07) is 17.6. The molecule has 2 aromatic carbocycles. The van der Waals surface area contributed by atoms with Gasteiger partial charge < -0.3 is 20.3 Å².